The van der Waals surface area contributed by atoms with Crippen molar-refractivity contribution in [1.29, 1.82) is 0 Å². The molecule has 1 N–H and O–H groups in total. The third-order valence-corrected chi connectivity index (χ3v) is 6.77. The van der Waals surface area contributed by atoms with E-state index in [2.05, 4.69) is 4.98 Å². The number of carbonyl (C=O) groups excluding carboxylic acids is 1. The Kier molecular flexibility index (Phi) is 5.61. The largest absolute Gasteiger partial charge is 0.494 e. The summed E-state index contributed by atoms with van der Waals surface area (Å²) in [7, 11) is 0. The zero-order chi connectivity index (χ0) is 21.4. The lowest BCUT2D eigenvalue weighted by Crippen LogP contribution is -2.41. The fraction of sp³-hybridized carbons (Fsp3) is 0.250. The predicted molar refractivity (Wildman–Crippen MR) is 110 cm³/mol. The minimum atomic E-state index is -1.08. The van der Waals surface area contributed by atoms with Crippen LogP contribution in [0.5, 0.6) is 5.75 Å². The Morgan fingerprint density at radius 3 is 2.83 bits per heavy atom. The number of benzene rings is 2. The van der Waals surface area contributed by atoms with Crippen LogP contribution in [0.2, 0.25) is 0 Å². The number of thioether (sulfide) groups is 1. The van der Waals surface area contributed by atoms with Crippen molar-refractivity contribution in [2.75, 3.05) is 11.5 Å². The number of carbonyl (C=O) groups is 2. The Morgan fingerprint density at radius 1 is 1.30 bits per heavy atom. The fourth-order valence-electron chi connectivity index (χ4n) is 3.20. The average Bonchev–Trinajstić information content (AvgIpc) is 3.11. The Hall–Kier alpha value is -2.72. The van der Waals surface area contributed by atoms with Gasteiger partial charge < -0.3 is 14.7 Å². The summed E-state index contributed by atoms with van der Waals surface area (Å²) in [4.78, 5) is 30.8. The molecular weight excluding hydrogens is 434 g/mol. The van der Waals surface area contributed by atoms with Crippen LogP contribution < -0.4 is 9.64 Å². The van der Waals surface area contributed by atoms with Crippen molar-refractivity contribution in [3.05, 3.63) is 47.0 Å². The number of rotatable bonds is 6. The second-order valence-electron chi connectivity index (χ2n) is 6.51. The highest BCUT2D eigenvalue weighted by molar-refractivity contribution is 8.01. The van der Waals surface area contributed by atoms with Gasteiger partial charge in [-0.3, -0.25) is 9.59 Å². The van der Waals surface area contributed by atoms with Crippen LogP contribution in [-0.2, 0) is 16.1 Å². The molecule has 0 fully saturated rings. The number of aromatic nitrogens is 1. The number of carboxylic acid groups (broad SMARTS) is 1. The van der Waals surface area contributed by atoms with Crippen molar-refractivity contribution in [2.24, 2.45) is 0 Å². The fourth-order valence-corrected chi connectivity index (χ4v) is 5.42. The molecular formula is C20H16F2N2O4S2. The molecule has 0 saturated carbocycles. The van der Waals surface area contributed by atoms with E-state index in [1.807, 2.05) is 6.92 Å². The summed E-state index contributed by atoms with van der Waals surface area (Å²) in [5.41, 5.74) is 0.905. The zero-order valence-electron chi connectivity index (χ0n) is 15.7. The molecule has 10 heteroatoms. The number of aliphatic carboxylic acids is 1. The third kappa shape index (κ3) is 3.84. The van der Waals surface area contributed by atoms with Crippen molar-refractivity contribution in [3.63, 3.8) is 0 Å². The van der Waals surface area contributed by atoms with E-state index < -0.39 is 22.9 Å². The number of hydrogen-bond donors (Lipinski definition) is 1. The molecule has 3 aromatic rings. The van der Waals surface area contributed by atoms with Crippen LogP contribution in [0.4, 0.5) is 14.5 Å². The van der Waals surface area contributed by atoms with Gasteiger partial charge >= 0.3 is 5.97 Å². The minimum Gasteiger partial charge on any atom is -0.494 e. The lowest BCUT2D eigenvalue weighted by atomic mass is 10.2. The average molecular weight is 450 g/mol. The summed E-state index contributed by atoms with van der Waals surface area (Å²) in [5.74, 6) is -2.77. The Bertz CT molecular complexity index is 1150. The number of anilines is 1. The molecule has 2 aromatic carbocycles. The summed E-state index contributed by atoms with van der Waals surface area (Å²) in [6.45, 7) is 2.35. The number of fused-ring (bicyclic) bond motifs is 2. The minimum absolute atomic E-state index is 0.0247. The summed E-state index contributed by atoms with van der Waals surface area (Å²) < 4.78 is 33.2. The SMILES string of the molecule is CCOc1ccc2c(c1)SC(CC(=O)O)C(=O)N2Cc1nc2ccc(F)c(F)c2s1. The highest BCUT2D eigenvalue weighted by atomic mass is 32.2. The molecule has 4 rings (SSSR count). The standard InChI is InChI=1S/C20H16F2N2O4S2/c1-2-28-10-3-6-13-14(7-10)29-15(8-17(25)26)20(27)24(13)9-16-23-12-5-4-11(21)18(22)19(12)30-16/h3-7,15H,2,8-9H2,1H3,(H,25,26). The highest BCUT2D eigenvalue weighted by Crippen LogP contribution is 2.43. The second kappa shape index (κ2) is 8.19. The van der Waals surface area contributed by atoms with E-state index >= 15 is 0 Å². The topological polar surface area (TPSA) is 79.7 Å². The lowest BCUT2D eigenvalue weighted by Gasteiger charge is -2.33. The van der Waals surface area contributed by atoms with Crippen LogP contribution >= 0.6 is 23.1 Å². The smallest absolute Gasteiger partial charge is 0.305 e. The van der Waals surface area contributed by atoms with Crippen molar-refractivity contribution < 1.29 is 28.2 Å². The maximum Gasteiger partial charge on any atom is 0.305 e. The maximum absolute atomic E-state index is 14.1. The van der Waals surface area contributed by atoms with Gasteiger partial charge in [-0.15, -0.1) is 23.1 Å². The van der Waals surface area contributed by atoms with Crippen molar-refractivity contribution in [3.8, 4) is 5.75 Å². The molecule has 2 heterocycles. The first kappa shape index (κ1) is 20.5. The molecule has 0 spiro atoms. The van der Waals surface area contributed by atoms with Gasteiger partial charge in [0.25, 0.3) is 0 Å². The molecule has 1 unspecified atom stereocenters. The van der Waals surface area contributed by atoms with Gasteiger partial charge in [0.05, 0.1) is 40.7 Å². The van der Waals surface area contributed by atoms with Crippen molar-refractivity contribution in [2.45, 2.75) is 30.0 Å². The van der Waals surface area contributed by atoms with Crippen molar-refractivity contribution in [1.82, 2.24) is 4.98 Å². The van der Waals surface area contributed by atoms with Gasteiger partial charge in [0.15, 0.2) is 11.6 Å². The van der Waals surface area contributed by atoms with Gasteiger partial charge in [-0.2, -0.15) is 0 Å². The first-order valence-electron chi connectivity index (χ1n) is 9.07. The molecule has 1 amide bonds. The zero-order valence-corrected chi connectivity index (χ0v) is 17.4. The number of carboxylic acids is 1. The van der Waals surface area contributed by atoms with Gasteiger partial charge in [-0.25, -0.2) is 13.8 Å². The van der Waals surface area contributed by atoms with E-state index in [0.717, 1.165) is 17.4 Å². The molecule has 1 aromatic heterocycles. The van der Waals surface area contributed by atoms with Crippen LogP contribution in [0.15, 0.2) is 35.2 Å². The van der Waals surface area contributed by atoms with Crippen LogP contribution in [0.1, 0.15) is 18.4 Å². The van der Waals surface area contributed by atoms with Crippen LogP contribution in [0.25, 0.3) is 10.2 Å². The number of ether oxygens (including phenoxy) is 1. The molecule has 6 nitrogen and oxygen atoms in total. The number of thiazole rings is 1. The molecule has 156 valence electrons. The second-order valence-corrected chi connectivity index (χ2v) is 8.84. The van der Waals surface area contributed by atoms with E-state index in [1.54, 1.807) is 18.2 Å². The van der Waals surface area contributed by atoms with E-state index in [4.69, 9.17) is 4.74 Å². The van der Waals surface area contributed by atoms with E-state index in [1.165, 1.54) is 22.7 Å². The van der Waals surface area contributed by atoms with Gasteiger partial charge in [0.2, 0.25) is 5.91 Å². The number of hydrogen-bond acceptors (Lipinski definition) is 6. The predicted octanol–water partition coefficient (Wildman–Crippen LogP) is 4.46. The number of amides is 1. The number of halogens is 2. The van der Waals surface area contributed by atoms with Crippen LogP contribution in [-0.4, -0.2) is 33.8 Å². The monoisotopic (exact) mass is 450 g/mol. The molecule has 30 heavy (non-hydrogen) atoms. The van der Waals surface area contributed by atoms with E-state index in [0.29, 0.717) is 33.5 Å². The highest BCUT2D eigenvalue weighted by Gasteiger charge is 2.35. The van der Waals surface area contributed by atoms with Gasteiger partial charge in [0.1, 0.15) is 10.8 Å². The van der Waals surface area contributed by atoms with Gasteiger partial charge in [0, 0.05) is 4.90 Å². The molecule has 1 atom stereocenters. The maximum atomic E-state index is 14.1. The van der Waals surface area contributed by atoms with Gasteiger partial charge in [-0.05, 0) is 37.3 Å². The van der Waals surface area contributed by atoms with Gasteiger partial charge in [-0.1, -0.05) is 0 Å². The van der Waals surface area contributed by atoms with Crippen LogP contribution in [0, 0.1) is 11.6 Å². The summed E-state index contributed by atoms with van der Waals surface area (Å²) in [6, 6.07) is 7.63. The molecule has 0 radical (unpaired) electrons. The first-order chi connectivity index (χ1) is 14.4. The first-order valence-corrected chi connectivity index (χ1v) is 10.8. The van der Waals surface area contributed by atoms with Crippen LogP contribution in [0.3, 0.4) is 0 Å². The summed E-state index contributed by atoms with van der Waals surface area (Å²) in [6.07, 6.45) is -0.335. The quantitative estimate of drug-likeness (QED) is 0.598. The molecule has 0 bridgehead atoms. The lowest BCUT2D eigenvalue weighted by molar-refractivity contribution is -0.138. The molecule has 1 aliphatic heterocycles. The Balaban J connectivity index is 1.72. The molecule has 0 aliphatic carbocycles. The third-order valence-electron chi connectivity index (χ3n) is 4.49. The summed E-state index contributed by atoms with van der Waals surface area (Å²) >= 11 is 2.15. The summed E-state index contributed by atoms with van der Waals surface area (Å²) in [5, 5.41) is 8.81. The normalized spacial score (nSPS) is 16.0. The Morgan fingerprint density at radius 2 is 2.10 bits per heavy atom. The number of nitrogens with zero attached hydrogens (tertiary/aromatic N) is 2. The van der Waals surface area contributed by atoms with Crippen molar-refractivity contribution >= 4 is 50.9 Å². The molecule has 1 aliphatic rings. The Labute approximate surface area is 178 Å². The van der Waals surface area contributed by atoms with E-state index in [-0.39, 0.29) is 23.6 Å². The van der Waals surface area contributed by atoms with E-state index in [9.17, 15) is 23.5 Å². The molecule has 0 saturated heterocycles.